The first-order chi connectivity index (χ1) is 24.2. The van der Waals surface area contributed by atoms with Gasteiger partial charge in [0.1, 0.15) is 11.5 Å². The Bertz CT molecular complexity index is 1500. The number of benzene rings is 3. The van der Waals surface area contributed by atoms with E-state index in [1.807, 2.05) is 78.9 Å². The van der Waals surface area contributed by atoms with Crippen molar-refractivity contribution in [2.45, 2.75) is 118 Å². The van der Waals surface area contributed by atoms with E-state index in [0.29, 0.717) is 39.4 Å². The van der Waals surface area contributed by atoms with Gasteiger partial charge in [-0.1, -0.05) is 101 Å². The molecule has 12 heteroatoms. The number of rotatable bonds is 27. The Balaban J connectivity index is 1.90. The van der Waals surface area contributed by atoms with Crippen LogP contribution in [0.1, 0.15) is 104 Å². The molecule has 3 aromatic carbocycles. The summed E-state index contributed by atoms with van der Waals surface area (Å²) in [5.41, 5.74) is 0. The Labute approximate surface area is 301 Å². The van der Waals surface area contributed by atoms with E-state index in [2.05, 4.69) is 18.2 Å². The van der Waals surface area contributed by atoms with Crippen LogP contribution in [0.15, 0.2) is 93.5 Å². The molecule has 0 atom stereocenters. The minimum atomic E-state index is -4.36. The lowest BCUT2D eigenvalue weighted by atomic mass is 10.1. The van der Waals surface area contributed by atoms with Crippen molar-refractivity contribution in [1.29, 1.82) is 0 Å². The summed E-state index contributed by atoms with van der Waals surface area (Å²) < 4.78 is 84.1. The SMILES string of the molecule is CCCCCCCCOc1ccc(S(OS(=O)(=O)CCCCS(=O)(=O)OF)(c2ccccc2)c2ccc(OCCCCCCCC)cc2)cc1. The lowest BCUT2D eigenvalue weighted by molar-refractivity contribution is 0.00290. The molecule has 8 nitrogen and oxygen atoms in total. The summed E-state index contributed by atoms with van der Waals surface area (Å²) >= 11 is 0. The first kappa shape index (κ1) is 41.8. The Kier molecular flexibility index (Phi) is 18.7. The average Bonchev–Trinajstić information content (AvgIpc) is 3.13. The molecule has 3 aromatic rings. The molecule has 3 rings (SSSR count). The number of hydrogen-bond acceptors (Lipinski definition) is 8. The van der Waals surface area contributed by atoms with E-state index in [4.69, 9.17) is 13.1 Å². The summed E-state index contributed by atoms with van der Waals surface area (Å²) in [5.74, 6) is 0.258. The summed E-state index contributed by atoms with van der Waals surface area (Å²) in [6.45, 7) is 5.59. The molecule has 0 amide bonds. The highest BCUT2D eigenvalue weighted by Gasteiger charge is 2.37. The molecule has 0 bridgehead atoms. The fraction of sp³-hybridized carbons (Fsp3) is 0.526. The molecule has 50 heavy (non-hydrogen) atoms. The van der Waals surface area contributed by atoms with Gasteiger partial charge >= 0.3 is 0 Å². The van der Waals surface area contributed by atoms with Crippen molar-refractivity contribution in [2.75, 3.05) is 24.7 Å². The quantitative estimate of drug-likeness (QED) is 0.0708. The molecule has 0 aliphatic heterocycles. The fourth-order valence-electron chi connectivity index (χ4n) is 5.52. The molecular formula is C38H55FO8S3. The first-order valence-electron chi connectivity index (χ1n) is 18.0. The van der Waals surface area contributed by atoms with Gasteiger partial charge in [-0.2, -0.15) is 16.8 Å². The van der Waals surface area contributed by atoms with Crippen LogP contribution in [-0.2, 0) is 28.3 Å². The average molecular weight is 755 g/mol. The number of ether oxygens (including phenoxy) is 2. The van der Waals surface area contributed by atoms with Crippen molar-refractivity contribution in [1.82, 2.24) is 0 Å². The zero-order chi connectivity index (χ0) is 36.1. The van der Waals surface area contributed by atoms with E-state index in [-0.39, 0.29) is 12.8 Å². The third-order valence-electron chi connectivity index (χ3n) is 8.26. The first-order valence-corrected chi connectivity index (χ1v) is 22.7. The standard InChI is InChI=1S/C38H55FO8S3/c1-3-5-7-9-11-16-30-44-34-22-26-37(27-23-34)50(36-20-14-13-15-21-36,47-49(42,43)33-19-18-32-48(40,41)46-39)38-28-24-35(25-29-38)45-31-17-12-10-8-6-4-2/h13-15,20-29H,3-12,16-19,30-33H2,1-2H3. The van der Waals surface area contributed by atoms with Crippen molar-refractivity contribution in [3.8, 4) is 11.5 Å². The Hall–Kier alpha value is -2.64. The molecule has 0 spiro atoms. The molecule has 0 aromatic heterocycles. The highest BCUT2D eigenvalue weighted by atomic mass is 32.3. The van der Waals surface area contributed by atoms with E-state index < -0.39 is 42.1 Å². The van der Waals surface area contributed by atoms with Gasteiger partial charge in [-0.3, -0.25) is 0 Å². The Morgan fingerprint density at radius 2 is 0.880 bits per heavy atom. The molecule has 0 aliphatic carbocycles. The predicted octanol–water partition coefficient (Wildman–Crippen LogP) is 10.7. The largest absolute Gasteiger partial charge is 0.494 e. The van der Waals surface area contributed by atoms with Crippen LogP contribution in [0.25, 0.3) is 0 Å². The smallest absolute Gasteiger partial charge is 0.297 e. The van der Waals surface area contributed by atoms with Crippen LogP contribution in [-0.4, -0.2) is 41.6 Å². The molecule has 0 saturated carbocycles. The number of halogens is 1. The summed E-state index contributed by atoms with van der Waals surface area (Å²) in [7, 11) is -11.5. The van der Waals surface area contributed by atoms with Crippen molar-refractivity contribution in [3.05, 3.63) is 78.9 Å². The molecule has 0 N–H and O–H groups in total. The molecule has 0 heterocycles. The van der Waals surface area contributed by atoms with Gasteiger partial charge in [0.25, 0.3) is 20.2 Å². The second kappa shape index (κ2) is 22.3. The molecule has 0 fully saturated rings. The topological polar surface area (TPSA) is 105 Å². The van der Waals surface area contributed by atoms with Crippen LogP contribution >= 0.6 is 10.3 Å². The third kappa shape index (κ3) is 14.2. The highest BCUT2D eigenvalue weighted by Crippen LogP contribution is 2.70. The maximum absolute atomic E-state index is 13.7. The molecule has 280 valence electrons. The van der Waals surface area contributed by atoms with Gasteiger partial charge in [0, 0.05) is 14.7 Å². The van der Waals surface area contributed by atoms with Crippen molar-refractivity contribution in [2.24, 2.45) is 0 Å². The van der Waals surface area contributed by atoms with Gasteiger partial charge in [-0.15, -0.1) is 0 Å². The van der Waals surface area contributed by atoms with E-state index in [1.54, 1.807) is 0 Å². The second-order valence-corrected chi connectivity index (χ2v) is 18.7. The third-order valence-corrected chi connectivity index (χ3v) is 14.5. The van der Waals surface area contributed by atoms with Crippen LogP contribution in [0, 0.1) is 0 Å². The van der Waals surface area contributed by atoms with Gasteiger partial charge in [-0.25, -0.2) is 3.63 Å². The van der Waals surface area contributed by atoms with Crippen LogP contribution in [0.3, 0.4) is 0 Å². The highest BCUT2D eigenvalue weighted by molar-refractivity contribution is 8.33. The van der Waals surface area contributed by atoms with Crippen molar-refractivity contribution < 1.29 is 38.9 Å². The molecule has 0 unspecified atom stereocenters. The molecule has 0 saturated heterocycles. The second-order valence-electron chi connectivity index (χ2n) is 12.4. The van der Waals surface area contributed by atoms with Crippen molar-refractivity contribution >= 4 is 30.5 Å². The van der Waals surface area contributed by atoms with Crippen LogP contribution in [0.2, 0.25) is 0 Å². The number of hydrogen-bond donors (Lipinski definition) is 0. The summed E-state index contributed by atoms with van der Waals surface area (Å²) in [5, 5.41) is 0. The normalized spacial score (nSPS) is 12.5. The lowest BCUT2D eigenvalue weighted by Gasteiger charge is -2.39. The van der Waals surface area contributed by atoms with E-state index in [0.717, 1.165) is 25.7 Å². The van der Waals surface area contributed by atoms with E-state index in [1.165, 1.54) is 51.4 Å². The summed E-state index contributed by atoms with van der Waals surface area (Å²) in [6.07, 6.45) is 13.7. The lowest BCUT2D eigenvalue weighted by Crippen LogP contribution is -2.17. The van der Waals surface area contributed by atoms with Crippen LogP contribution in [0.5, 0.6) is 11.5 Å². The zero-order valence-corrected chi connectivity index (χ0v) is 32.1. The van der Waals surface area contributed by atoms with Gasteiger partial charge in [0.05, 0.1) is 24.7 Å². The minimum Gasteiger partial charge on any atom is -0.494 e. The minimum absolute atomic E-state index is 0.0638. The molecule has 0 radical (unpaired) electrons. The van der Waals surface area contributed by atoms with Gasteiger partial charge in [-0.05, 0) is 101 Å². The molecule has 0 aliphatic rings. The fourth-order valence-corrected chi connectivity index (χ4v) is 11.5. The summed E-state index contributed by atoms with van der Waals surface area (Å²) in [4.78, 5) is 1.96. The maximum atomic E-state index is 13.7. The predicted molar refractivity (Wildman–Crippen MR) is 200 cm³/mol. The van der Waals surface area contributed by atoms with E-state index in [9.17, 15) is 21.4 Å². The van der Waals surface area contributed by atoms with Gasteiger partial charge in [0.15, 0.2) is 0 Å². The Morgan fingerprint density at radius 3 is 1.32 bits per heavy atom. The zero-order valence-electron chi connectivity index (χ0n) is 29.6. The van der Waals surface area contributed by atoms with Crippen molar-refractivity contribution in [3.63, 3.8) is 0 Å². The van der Waals surface area contributed by atoms with Gasteiger partial charge < -0.3 is 9.47 Å². The van der Waals surface area contributed by atoms with Crippen LogP contribution in [0.4, 0.5) is 4.53 Å². The maximum Gasteiger partial charge on any atom is 0.297 e. The monoisotopic (exact) mass is 754 g/mol. The van der Waals surface area contributed by atoms with Gasteiger partial charge in [0.2, 0.25) is 0 Å². The summed E-state index contributed by atoms with van der Waals surface area (Å²) in [6, 6.07) is 24.0. The molecular weight excluding hydrogens is 700 g/mol. The van der Waals surface area contributed by atoms with E-state index >= 15 is 0 Å². The Morgan fingerprint density at radius 1 is 0.480 bits per heavy atom. The number of unbranched alkanes of at least 4 members (excludes halogenated alkanes) is 11. The van der Waals surface area contributed by atoms with Crippen LogP contribution < -0.4 is 9.47 Å².